The molecule has 2 unspecified atom stereocenters. The zero-order chi connectivity index (χ0) is 15.5. The van der Waals surface area contributed by atoms with E-state index in [9.17, 15) is 9.59 Å². The molecule has 0 saturated carbocycles. The van der Waals surface area contributed by atoms with E-state index in [4.69, 9.17) is 10.5 Å². The Morgan fingerprint density at radius 2 is 2.05 bits per heavy atom. The first-order valence-corrected chi connectivity index (χ1v) is 7.15. The third kappa shape index (κ3) is 3.42. The minimum Gasteiger partial charge on any atom is -0.497 e. The first-order chi connectivity index (χ1) is 9.97. The molecule has 2 rings (SSSR count). The predicted molar refractivity (Wildman–Crippen MR) is 80.2 cm³/mol. The maximum Gasteiger partial charge on any atom is 0.237 e. The lowest BCUT2D eigenvalue weighted by Gasteiger charge is -2.25. The van der Waals surface area contributed by atoms with Gasteiger partial charge in [0.15, 0.2) is 0 Å². The van der Waals surface area contributed by atoms with Gasteiger partial charge in [0.2, 0.25) is 5.91 Å². The van der Waals surface area contributed by atoms with Crippen LogP contribution in [0.3, 0.4) is 0 Å². The van der Waals surface area contributed by atoms with Gasteiger partial charge in [-0.25, -0.2) is 0 Å². The number of nitrogens with one attached hydrogen (secondary N) is 1. The van der Waals surface area contributed by atoms with E-state index in [0.717, 1.165) is 11.3 Å². The van der Waals surface area contributed by atoms with Crippen LogP contribution in [-0.4, -0.2) is 30.9 Å². The van der Waals surface area contributed by atoms with Gasteiger partial charge in [-0.2, -0.15) is 0 Å². The van der Waals surface area contributed by atoms with Crippen molar-refractivity contribution in [1.82, 2.24) is 5.32 Å². The van der Waals surface area contributed by atoms with Gasteiger partial charge in [-0.15, -0.1) is 0 Å². The molecular formula is C16H22N2O3. The number of ketones is 1. The van der Waals surface area contributed by atoms with Crippen molar-refractivity contribution in [3.05, 3.63) is 29.8 Å². The van der Waals surface area contributed by atoms with Gasteiger partial charge in [0, 0.05) is 13.0 Å². The lowest BCUT2D eigenvalue weighted by atomic mass is 9.84. The van der Waals surface area contributed by atoms with Crippen LogP contribution in [0.25, 0.3) is 0 Å². The summed E-state index contributed by atoms with van der Waals surface area (Å²) in [6.45, 7) is 2.22. The average molecular weight is 290 g/mol. The summed E-state index contributed by atoms with van der Waals surface area (Å²) in [5.41, 5.74) is 5.95. The summed E-state index contributed by atoms with van der Waals surface area (Å²) >= 11 is 0. The summed E-state index contributed by atoms with van der Waals surface area (Å²) < 4.78 is 5.15. The van der Waals surface area contributed by atoms with Gasteiger partial charge in [0.05, 0.1) is 12.6 Å². The highest BCUT2D eigenvalue weighted by Crippen LogP contribution is 2.35. The molecule has 2 atom stereocenters. The fraction of sp³-hybridized carbons (Fsp3) is 0.500. The molecule has 1 saturated heterocycles. The van der Waals surface area contributed by atoms with Crippen molar-refractivity contribution in [1.29, 1.82) is 0 Å². The number of amides is 1. The Balaban J connectivity index is 2.11. The van der Waals surface area contributed by atoms with Crippen molar-refractivity contribution in [3.8, 4) is 5.75 Å². The summed E-state index contributed by atoms with van der Waals surface area (Å²) in [4.78, 5) is 23.0. The standard InChI is InChI=1S/C16H22N2O3/c1-11(19)7-8-16(15(17)20)9-13(10-18-16)12-3-5-14(21-2)6-4-12/h3-6,13,18H,7-10H2,1-2H3,(H2,17,20). The van der Waals surface area contributed by atoms with Crippen molar-refractivity contribution in [2.45, 2.75) is 37.6 Å². The highest BCUT2D eigenvalue weighted by molar-refractivity contribution is 5.86. The number of hydrogen-bond acceptors (Lipinski definition) is 4. The Morgan fingerprint density at radius 1 is 1.38 bits per heavy atom. The quantitative estimate of drug-likeness (QED) is 0.829. The number of carbonyl (C=O) groups is 2. The maximum absolute atomic E-state index is 11.8. The number of Topliss-reactive ketones (excluding diaryl/α,β-unsaturated/α-hetero) is 1. The molecule has 1 aliphatic heterocycles. The molecule has 1 fully saturated rings. The molecule has 1 aromatic carbocycles. The Kier molecular flexibility index (Phi) is 4.63. The van der Waals surface area contributed by atoms with Crippen molar-refractivity contribution in [2.75, 3.05) is 13.7 Å². The second-order valence-corrected chi connectivity index (χ2v) is 5.70. The first-order valence-electron chi connectivity index (χ1n) is 7.15. The molecule has 1 aliphatic rings. The third-order valence-electron chi connectivity index (χ3n) is 4.24. The zero-order valence-electron chi connectivity index (χ0n) is 12.5. The third-order valence-corrected chi connectivity index (χ3v) is 4.24. The van der Waals surface area contributed by atoms with Gasteiger partial charge in [-0.3, -0.25) is 4.79 Å². The van der Waals surface area contributed by atoms with Gasteiger partial charge >= 0.3 is 0 Å². The van der Waals surface area contributed by atoms with Gasteiger partial charge in [0.25, 0.3) is 0 Å². The minimum absolute atomic E-state index is 0.0744. The largest absolute Gasteiger partial charge is 0.497 e. The molecule has 0 aromatic heterocycles. The molecule has 0 aliphatic carbocycles. The Bertz CT molecular complexity index is 527. The topological polar surface area (TPSA) is 81.4 Å². The molecule has 1 heterocycles. The van der Waals surface area contributed by atoms with Gasteiger partial charge in [-0.1, -0.05) is 12.1 Å². The summed E-state index contributed by atoms with van der Waals surface area (Å²) in [5.74, 6) is 0.725. The van der Waals surface area contributed by atoms with Gasteiger partial charge < -0.3 is 20.6 Å². The van der Waals surface area contributed by atoms with Crippen molar-refractivity contribution in [3.63, 3.8) is 0 Å². The fourth-order valence-corrected chi connectivity index (χ4v) is 2.89. The van der Waals surface area contributed by atoms with E-state index in [0.29, 0.717) is 25.8 Å². The Labute approximate surface area is 124 Å². The normalized spacial score (nSPS) is 24.8. The molecule has 0 bridgehead atoms. The van der Waals surface area contributed by atoms with E-state index >= 15 is 0 Å². The van der Waals surface area contributed by atoms with Crippen LogP contribution in [0.2, 0.25) is 0 Å². The lowest BCUT2D eigenvalue weighted by Crippen LogP contribution is -2.51. The summed E-state index contributed by atoms with van der Waals surface area (Å²) in [7, 11) is 1.63. The van der Waals surface area contributed by atoms with E-state index in [1.807, 2.05) is 24.3 Å². The number of ether oxygens (including phenoxy) is 1. The highest BCUT2D eigenvalue weighted by atomic mass is 16.5. The first kappa shape index (κ1) is 15.5. The summed E-state index contributed by atoms with van der Waals surface area (Å²) in [5, 5.41) is 3.24. The average Bonchev–Trinajstić information content (AvgIpc) is 2.91. The molecule has 1 amide bonds. The Hall–Kier alpha value is -1.88. The number of methoxy groups -OCH3 is 1. The second-order valence-electron chi connectivity index (χ2n) is 5.70. The van der Waals surface area contributed by atoms with Crippen LogP contribution in [0.1, 0.15) is 37.7 Å². The van der Waals surface area contributed by atoms with Gasteiger partial charge in [-0.05, 0) is 43.4 Å². The SMILES string of the molecule is COc1ccc(C2CNC(CCC(C)=O)(C(N)=O)C2)cc1. The number of primary amides is 1. The second kappa shape index (κ2) is 6.26. The van der Waals surface area contributed by atoms with E-state index in [-0.39, 0.29) is 17.6 Å². The molecule has 0 radical (unpaired) electrons. The monoisotopic (exact) mass is 290 g/mol. The zero-order valence-corrected chi connectivity index (χ0v) is 12.5. The van der Waals surface area contributed by atoms with E-state index in [1.165, 1.54) is 6.92 Å². The molecule has 5 nitrogen and oxygen atoms in total. The van der Waals surface area contributed by atoms with Crippen LogP contribution in [0.4, 0.5) is 0 Å². The molecule has 114 valence electrons. The number of carbonyl (C=O) groups excluding carboxylic acids is 2. The maximum atomic E-state index is 11.8. The Morgan fingerprint density at radius 3 is 2.57 bits per heavy atom. The molecule has 3 N–H and O–H groups in total. The smallest absolute Gasteiger partial charge is 0.237 e. The molecule has 21 heavy (non-hydrogen) atoms. The molecule has 0 spiro atoms. The van der Waals surface area contributed by atoms with E-state index < -0.39 is 5.54 Å². The van der Waals surface area contributed by atoms with Crippen LogP contribution in [0, 0.1) is 0 Å². The molecular weight excluding hydrogens is 268 g/mol. The minimum atomic E-state index is -0.768. The van der Waals surface area contributed by atoms with Crippen LogP contribution >= 0.6 is 0 Å². The number of hydrogen-bond donors (Lipinski definition) is 2. The molecule has 1 aromatic rings. The summed E-state index contributed by atoms with van der Waals surface area (Å²) in [6, 6.07) is 7.84. The van der Waals surface area contributed by atoms with Crippen LogP contribution in [-0.2, 0) is 9.59 Å². The highest BCUT2D eigenvalue weighted by Gasteiger charge is 2.43. The van der Waals surface area contributed by atoms with Crippen LogP contribution < -0.4 is 15.8 Å². The van der Waals surface area contributed by atoms with Crippen LogP contribution in [0.15, 0.2) is 24.3 Å². The number of benzene rings is 1. The van der Waals surface area contributed by atoms with Crippen molar-refractivity contribution in [2.24, 2.45) is 5.73 Å². The number of rotatable bonds is 6. The van der Waals surface area contributed by atoms with Crippen molar-refractivity contribution < 1.29 is 14.3 Å². The lowest BCUT2D eigenvalue weighted by molar-refractivity contribution is -0.124. The predicted octanol–water partition coefficient (Wildman–Crippen LogP) is 1.37. The van der Waals surface area contributed by atoms with E-state index in [2.05, 4.69) is 5.32 Å². The van der Waals surface area contributed by atoms with E-state index in [1.54, 1.807) is 7.11 Å². The van der Waals surface area contributed by atoms with Crippen LogP contribution in [0.5, 0.6) is 5.75 Å². The summed E-state index contributed by atoms with van der Waals surface area (Å²) in [6.07, 6.45) is 1.46. The number of nitrogens with two attached hydrogens (primary N) is 1. The fourth-order valence-electron chi connectivity index (χ4n) is 2.89. The van der Waals surface area contributed by atoms with Crippen molar-refractivity contribution >= 4 is 11.7 Å². The van der Waals surface area contributed by atoms with Gasteiger partial charge in [0.1, 0.15) is 11.5 Å². The molecule has 5 heteroatoms.